The van der Waals surface area contributed by atoms with Gasteiger partial charge in [-0.15, -0.1) is 0 Å². The summed E-state index contributed by atoms with van der Waals surface area (Å²) in [4.78, 5) is 10.4. The predicted molar refractivity (Wildman–Crippen MR) is 48.9 cm³/mol. The summed E-state index contributed by atoms with van der Waals surface area (Å²) in [6.45, 7) is 0.591. The monoisotopic (exact) mass is 164 g/mol. The SMILES string of the molecule is CNCC(N=O)c1ccccc1. The second kappa shape index (κ2) is 4.62. The van der Waals surface area contributed by atoms with Crippen LogP contribution in [0.3, 0.4) is 0 Å². The van der Waals surface area contributed by atoms with E-state index >= 15 is 0 Å². The van der Waals surface area contributed by atoms with Crippen LogP contribution >= 0.6 is 0 Å². The van der Waals surface area contributed by atoms with Crippen LogP contribution in [-0.2, 0) is 0 Å². The molecule has 0 saturated heterocycles. The highest BCUT2D eigenvalue weighted by Gasteiger charge is 2.08. The summed E-state index contributed by atoms with van der Waals surface area (Å²) in [5.41, 5.74) is 0.960. The van der Waals surface area contributed by atoms with Crippen molar-refractivity contribution in [1.29, 1.82) is 0 Å². The Bertz CT molecular complexity index is 236. The number of rotatable bonds is 4. The Morgan fingerprint density at radius 2 is 2.08 bits per heavy atom. The molecular weight excluding hydrogens is 152 g/mol. The maximum atomic E-state index is 10.4. The van der Waals surface area contributed by atoms with Gasteiger partial charge >= 0.3 is 0 Å². The fraction of sp³-hybridized carbons (Fsp3) is 0.333. The van der Waals surface area contributed by atoms with E-state index in [1.807, 2.05) is 30.3 Å². The lowest BCUT2D eigenvalue weighted by molar-refractivity contribution is 0.651. The smallest absolute Gasteiger partial charge is 0.129 e. The zero-order valence-electron chi connectivity index (χ0n) is 7.03. The molecule has 1 unspecified atom stereocenters. The van der Waals surface area contributed by atoms with Gasteiger partial charge < -0.3 is 5.32 Å². The average Bonchev–Trinajstić information content (AvgIpc) is 2.15. The van der Waals surface area contributed by atoms with Gasteiger partial charge in [-0.05, 0) is 12.6 Å². The highest BCUT2D eigenvalue weighted by molar-refractivity contribution is 5.19. The molecule has 0 aromatic heterocycles. The van der Waals surface area contributed by atoms with Crippen LogP contribution in [-0.4, -0.2) is 13.6 Å². The summed E-state index contributed by atoms with van der Waals surface area (Å²) in [6.07, 6.45) is 0. The van der Waals surface area contributed by atoms with Crippen LogP contribution in [0, 0.1) is 4.91 Å². The molecule has 0 bridgehead atoms. The number of hydrogen-bond acceptors (Lipinski definition) is 3. The summed E-state index contributed by atoms with van der Waals surface area (Å²) in [6, 6.07) is 9.28. The molecule has 0 spiro atoms. The van der Waals surface area contributed by atoms with Gasteiger partial charge in [-0.25, -0.2) is 0 Å². The van der Waals surface area contributed by atoms with E-state index in [-0.39, 0.29) is 6.04 Å². The molecule has 0 aliphatic rings. The minimum atomic E-state index is -0.267. The number of nitrogens with zero attached hydrogens (tertiary/aromatic N) is 1. The number of nitroso groups, excluding NO2 is 1. The van der Waals surface area contributed by atoms with Crippen molar-refractivity contribution in [2.75, 3.05) is 13.6 Å². The van der Waals surface area contributed by atoms with Gasteiger partial charge in [-0.3, -0.25) is 0 Å². The van der Waals surface area contributed by atoms with Crippen LogP contribution in [0.15, 0.2) is 35.5 Å². The third-order valence-electron chi connectivity index (χ3n) is 1.71. The van der Waals surface area contributed by atoms with Crippen molar-refractivity contribution in [2.24, 2.45) is 5.18 Å². The average molecular weight is 164 g/mol. The highest BCUT2D eigenvalue weighted by Crippen LogP contribution is 2.14. The van der Waals surface area contributed by atoms with Crippen molar-refractivity contribution in [3.63, 3.8) is 0 Å². The van der Waals surface area contributed by atoms with Crippen molar-refractivity contribution >= 4 is 0 Å². The summed E-state index contributed by atoms with van der Waals surface area (Å²) in [7, 11) is 1.81. The van der Waals surface area contributed by atoms with E-state index in [0.717, 1.165) is 5.56 Å². The van der Waals surface area contributed by atoms with E-state index in [4.69, 9.17) is 0 Å². The summed E-state index contributed by atoms with van der Waals surface area (Å²) < 4.78 is 0. The first-order valence-electron chi connectivity index (χ1n) is 3.90. The maximum Gasteiger partial charge on any atom is 0.129 e. The van der Waals surface area contributed by atoms with Gasteiger partial charge in [0.1, 0.15) is 6.04 Å². The van der Waals surface area contributed by atoms with Crippen LogP contribution in [0.2, 0.25) is 0 Å². The van der Waals surface area contributed by atoms with Crippen molar-refractivity contribution in [1.82, 2.24) is 5.32 Å². The predicted octanol–water partition coefficient (Wildman–Crippen LogP) is 1.71. The second-order valence-corrected chi connectivity index (χ2v) is 2.59. The fourth-order valence-corrected chi connectivity index (χ4v) is 1.08. The number of nitrogens with one attached hydrogen (secondary N) is 1. The molecular formula is C9H12N2O. The molecule has 1 aromatic rings. The van der Waals surface area contributed by atoms with Gasteiger partial charge in [0.25, 0.3) is 0 Å². The Kier molecular flexibility index (Phi) is 3.41. The number of benzene rings is 1. The van der Waals surface area contributed by atoms with Crippen LogP contribution in [0.4, 0.5) is 0 Å². The molecule has 0 heterocycles. The zero-order valence-corrected chi connectivity index (χ0v) is 7.03. The lowest BCUT2D eigenvalue weighted by atomic mass is 10.1. The van der Waals surface area contributed by atoms with Crippen molar-refractivity contribution in [2.45, 2.75) is 6.04 Å². The van der Waals surface area contributed by atoms with E-state index in [1.54, 1.807) is 7.05 Å². The lowest BCUT2D eigenvalue weighted by Gasteiger charge is -2.07. The molecule has 12 heavy (non-hydrogen) atoms. The van der Waals surface area contributed by atoms with E-state index in [1.165, 1.54) is 0 Å². The standard InChI is InChI=1S/C9H12N2O/c1-10-7-9(11-12)8-5-3-2-4-6-8/h2-6,9-10H,7H2,1H3. The van der Waals surface area contributed by atoms with Gasteiger partial charge in [0.15, 0.2) is 0 Å². The Labute approximate surface area is 71.8 Å². The summed E-state index contributed by atoms with van der Waals surface area (Å²) >= 11 is 0. The number of hydrogen-bond donors (Lipinski definition) is 1. The van der Waals surface area contributed by atoms with Gasteiger partial charge in [-0.2, -0.15) is 4.91 Å². The molecule has 3 nitrogen and oxygen atoms in total. The van der Waals surface area contributed by atoms with E-state index in [9.17, 15) is 4.91 Å². The van der Waals surface area contributed by atoms with Gasteiger partial charge in [0.05, 0.1) is 0 Å². The fourth-order valence-electron chi connectivity index (χ4n) is 1.08. The molecule has 1 N–H and O–H groups in total. The molecule has 1 rings (SSSR count). The van der Waals surface area contributed by atoms with E-state index in [2.05, 4.69) is 10.5 Å². The Balaban J connectivity index is 2.73. The molecule has 0 fully saturated rings. The lowest BCUT2D eigenvalue weighted by Crippen LogP contribution is -2.15. The topological polar surface area (TPSA) is 41.5 Å². The van der Waals surface area contributed by atoms with Crippen molar-refractivity contribution in [3.05, 3.63) is 40.8 Å². The summed E-state index contributed by atoms with van der Waals surface area (Å²) in [5, 5.41) is 5.96. The molecule has 0 saturated carbocycles. The Morgan fingerprint density at radius 3 is 2.58 bits per heavy atom. The number of likely N-dealkylation sites (N-methyl/N-ethyl adjacent to an activating group) is 1. The molecule has 1 aromatic carbocycles. The first-order chi connectivity index (χ1) is 5.88. The quantitative estimate of drug-likeness (QED) is 0.688. The second-order valence-electron chi connectivity index (χ2n) is 2.59. The minimum Gasteiger partial charge on any atom is -0.317 e. The minimum absolute atomic E-state index is 0.267. The van der Waals surface area contributed by atoms with Crippen LogP contribution in [0.5, 0.6) is 0 Å². The van der Waals surface area contributed by atoms with Gasteiger partial charge in [0.2, 0.25) is 0 Å². The Hall–Kier alpha value is -1.22. The Morgan fingerprint density at radius 1 is 1.42 bits per heavy atom. The van der Waals surface area contributed by atoms with Crippen molar-refractivity contribution < 1.29 is 0 Å². The zero-order chi connectivity index (χ0) is 8.81. The maximum absolute atomic E-state index is 10.4. The third kappa shape index (κ3) is 2.13. The molecule has 0 aliphatic heterocycles. The molecule has 0 radical (unpaired) electrons. The molecule has 3 heteroatoms. The van der Waals surface area contributed by atoms with Gasteiger partial charge in [0, 0.05) is 6.54 Å². The molecule has 1 atom stereocenters. The molecule has 0 amide bonds. The van der Waals surface area contributed by atoms with E-state index in [0.29, 0.717) is 6.54 Å². The molecule has 0 aliphatic carbocycles. The third-order valence-corrected chi connectivity index (χ3v) is 1.71. The van der Waals surface area contributed by atoms with Crippen LogP contribution in [0.25, 0.3) is 0 Å². The largest absolute Gasteiger partial charge is 0.317 e. The van der Waals surface area contributed by atoms with Crippen LogP contribution < -0.4 is 5.32 Å². The van der Waals surface area contributed by atoms with Crippen LogP contribution in [0.1, 0.15) is 11.6 Å². The first kappa shape index (κ1) is 8.87. The highest BCUT2D eigenvalue weighted by atomic mass is 16.3. The van der Waals surface area contributed by atoms with Gasteiger partial charge in [-0.1, -0.05) is 35.5 Å². The van der Waals surface area contributed by atoms with Crippen molar-refractivity contribution in [3.8, 4) is 0 Å². The van der Waals surface area contributed by atoms with E-state index < -0.39 is 0 Å². The summed E-state index contributed by atoms with van der Waals surface area (Å²) in [5.74, 6) is 0. The normalized spacial score (nSPS) is 12.4. The first-order valence-corrected chi connectivity index (χ1v) is 3.90. The molecule has 64 valence electrons.